The van der Waals surface area contributed by atoms with E-state index in [9.17, 15) is 9.59 Å². The molecule has 18 heavy (non-hydrogen) atoms. The molecular weight excluding hydrogens is 270 g/mol. The summed E-state index contributed by atoms with van der Waals surface area (Å²) >= 11 is 3.10. The first-order valence-electron chi connectivity index (χ1n) is 5.64. The standard InChI is InChI=1S/C12H11NO3S2/c14-11(13-3-1-7(6-13)12(15)16)10-5-9-8(18-10)2-4-17-9/h2,4-5,7H,1,3,6H2,(H,15,16). The van der Waals surface area contributed by atoms with Gasteiger partial charge in [0.05, 0.1) is 10.8 Å². The number of rotatable bonds is 2. The van der Waals surface area contributed by atoms with E-state index in [2.05, 4.69) is 0 Å². The predicted molar refractivity (Wildman–Crippen MR) is 71.3 cm³/mol. The Morgan fingerprint density at radius 3 is 2.89 bits per heavy atom. The Hall–Kier alpha value is -1.40. The Morgan fingerprint density at radius 1 is 1.39 bits per heavy atom. The zero-order valence-electron chi connectivity index (χ0n) is 9.46. The third-order valence-corrected chi connectivity index (χ3v) is 5.26. The molecule has 1 aliphatic heterocycles. The monoisotopic (exact) mass is 281 g/mol. The number of fused-ring (bicyclic) bond motifs is 1. The van der Waals surface area contributed by atoms with Crippen molar-refractivity contribution in [2.45, 2.75) is 6.42 Å². The Bertz CT molecular complexity index is 587. The number of likely N-dealkylation sites (tertiary alicyclic amines) is 1. The lowest BCUT2D eigenvalue weighted by molar-refractivity contribution is -0.141. The first-order valence-corrected chi connectivity index (χ1v) is 7.34. The highest BCUT2D eigenvalue weighted by Gasteiger charge is 2.31. The van der Waals surface area contributed by atoms with Gasteiger partial charge in [0.15, 0.2) is 0 Å². The molecule has 2 aromatic heterocycles. The van der Waals surface area contributed by atoms with Gasteiger partial charge in [0.2, 0.25) is 0 Å². The van der Waals surface area contributed by atoms with E-state index in [0.717, 1.165) is 9.40 Å². The van der Waals surface area contributed by atoms with Crippen molar-refractivity contribution in [2.24, 2.45) is 5.92 Å². The molecule has 0 radical (unpaired) electrons. The Kier molecular flexibility index (Phi) is 2.83. The van der Waals surface area contributed by atoms with Crippen molar-refractivity contribution < 1.29 is 14.7 Å². The maximum Gasteiger partial charge on any atom is 0.308 e. The minimum absolute atomic E-state index is 0.0350. The summed E-state index contributed by atoms with van der Waals surface area (Å²) in [4.78, 5) is 25.5. The molecule has 2 aromatic rings. The van der Waals surface area contributed by atoms with Gasteiger partial charge in [0.1, 0.15) is 0 Å². The van der Waals surface area contributed by atoms with E-state index < -0.39 is 11.9 Å². The van der Waals surface area contributed by atoms with Gasteiger partial charge >= 0.3 is 5.97 Å². The van der Waals surface area contributed by atoms with Crippen LogP contribution in [0.1, 0.15) is 16.1 Å². The lowest BCUT2D eigenvalue weighted by Gasteiger charge is -2.14. The van der Waals surface area contributed by atoms with Gasteiger partial charge in [-0.2, -0.15) is 0 Å². The number of carbonyl (C=O) groups excluding carboxylic acids is 1. The van der Waals surface area contributed by atoms with Crippen LogP contribution < -0.4 is 0 Å². The summed E-state index contributed by atoms with van der Waals surface area (Å²) in [5.41, 5.74) is 0. The third kappa shape index (κ3) is 1.91. The van der Waals surface area contributed by atoms with Gasteiger partial charge in [-0.15, -0.1) is 22.7 Å². The average Bonchev–Trinajstić information content (AvgIpc) is 3.02. The molecule has 6 heteroatoms. The van der Waals surface area contributed by atoms with Crippen molar-refractivity contribution in [1.29, 1.82) is 0 Å². The van der Waals surface area contributed by atoms with Gasteiger partial charge in [-0.1, -0.05) is 0 Å². The van der Waals surface area contributed by atoms with Crippen LogP contribution in [0.2, 0.25) is 0 Å². The van der Waals surface area contributed by atoms with E-state index in [1.165, 1.54) is 11.3 Å². The SMILES string of the molecule is O=C(O)C1CCN(C(=O)c2cc3sccc3s2)C1. The summed E-state index contributed by atoms with van der Waals surface area (Å²) in [6.45, 7) is 0.876. The Balaban J connectivity index is 1.79. The minimum atomic E-state index is -0.808. The lowest BCUT2D eigenvalue weighted by atomic mass is 10.1. The topological polar surface area (TPSA) is 57.6 Å². The third-order valence-electron chi connectivity index (χ3n) is 3.17. The molecule has 3 rings (SSSR count). The number of carboxylic acid groups (broad SMARTS) is 1. The largest absolute Gasteiger partial charge is 0.481 e. The number of hydrogen-bond donors (Lipinski definition) is 1. The number of carbonyl (C=O) groups is 2. The minimum Gasteiger partial charge on any atom is -0.481 e. The molecule has 0 spiro atoms. The first kappa shape index (κ1) is 11.7. The zero-order chi connectivity index (χ0) is 12.7. The van der Waals surface area contributed by atoms with E-state index in [-0.39, 0.29) is 5.91 Å². The van der Waals surface area contributed by atoms with Crippen molar-refractivity contribution >= 4 is 43.9 Å². The van der Waals surface area contributed by atoms with Crippen molar-refractivity contribution in [3.05, 3.63) is 22.4 Å². The maximum atomic E-state index is 12.2. The molecular formula is C12H11NO3S2. The summed E-state index contributed by atoms with van der Waals surface area (Å²) in [6, 6.07) is 3.91. The molecule has 1 atom stereocenters. The average molecular weight is 281 g/mol. The number of amides is 1. The molecule has 0 bridgehead atoms. The van der Waals surface area contributed by atoms with Crippen molar-refractivity contribution in [1.82, 2.24) is 4.90 Å². The highest BCUT2D eigenvalue weighted by Crippen LogP contribution is 2.31. The summed E-state index contributed by atoms with van der Waals surface area (Å²) in [7, 11) is 0. The Labute approximate surface area is 111 Å². The highest BCUT2D eigenvalue weighted by atomic mass is 32.1. The summed E-state index contributed by atoms with van der Waals surface area (Å²) in [5.74, 6) is -1.25. The van der Waals surface area contributed by atoms with Gasteiger partial charge in [-0.05, 0) is 23.9 Å². The number of aliphatic carboxylic acids is 1. The van der Waals surface area contributed by atoms with E-state index >= 15 is 0 Å². The fourth-order valence-corrected chi connectivity index (χ4v) is 4.25. The molecule has 1 amide bonds. The molecule has 1 aliphatic rings. The lowest BCUT2D eigenvalue weighted by Crippen LogP contribution is -2.29. The van der Waals surface area contributed by atoms with Crippen molar-refractivity contribution in [3.63, 3.8) is 0 Å². The van der Waals surface area contributed by atoms with Crippen LogP contribution in [-0.4, -0.2) is 35.0 Å². The number of hydrogen-bond acceptors (Lipinski definition) is 4. The molecule has 1 unspecified atom stereocenters. The van der Waals surface area contributed by atoms with Gasteiger partial charge in [-0.25, -0.2) is 0 Å². The molecule has 1 fully saturated rings. The summed E-state index contributed by atoms with van der Waals surface area (Å²) in [6.07, 6.45) is 0.556. The number of nitrogens with zero attached hydrogens (tertiary/aromatic N) is 1. The molecule has 94 valence electrons. The van der Waals surface area contributed by atoms with Crippen LogP contribution >= 0.6 is 22.7 Å². The van der Waals surface area contributed by atoms with Gasteiger partial charge in [-0.3, -0.25) is 9.59 Å². The highest BCUT2D eigenvalue weighted by molar-refractivity contribution is 7.27. The van der Waals surface area contributed by atoms with Crippen LogP contribution in [0.15, 0.2) is 17.5 Å². The summed E-state index contributed by atoms with van der Waals surface area (Å²) < 4.78 is 2.25. The zero-order valence-corrected chi connectivity index (χ0v) is 11.1. The molecule has 0 aliphatic carbocycles. The second-order valence-corrected chi connectivity index (χ2v) is 6.37. The smallest absolute Gasteiger partial charge is 0.308 e. The van der Waals surface area contributed by atoms with Crippen LogP contribution in [0.4, 0.5) is 0 Å². The molecule has 0 saturated carbocycles. The number of thiophene rings is 2. The molecule has 1 N–H and O–H groups in total. The van der Waals surface area contributed by atoms with Crippen molar-refractivity contribution in [3.8, 4) is 0 Å². The second kappa shape index (κ2) is 4.37. The molecule has 1 saturated heterocycles. The van der Waals surface area contributed by atoms with Crippen molar-refractivity contribution in [2.75, 3.05) is 13.1 Å². The van der Waals surface area contributed by atoms with Crippen LogP contribution in [0.5, 0.6) is 0 Å². The first-order chi connectivity index (χ1) is 8.65. The van der Waals surface area contributed by atoms with Crippen LogP contribution in [0.3, 0.4) is 0 Å². The molecule has 4 nitrogen and oxygen atoms in total. The van der Waals surface area contributed by atoms with Crippen LogP contribution in [0.25, 0.3) is 9.40 Å². The Morgan fingerprint density at radius 2 is 2.22 bits per heavy atom. The van der Waals surface area contributed by atoms with E-state index in [0.29, 0.717) is 24.4 Å². The normalized spacial score (nSPS) is 19.6. The van der Waals surface area contributed by atoms with Crippen LogP contribution in [0, 0.1) is 5.92 Å². The van der Waals surface area contributed by atoms with E-state index in [4.69, 9.17) is 5.11 Å². The quantitative estimate of drug-likeness (QED) is 0.920. The van der Waals surface area contributed by atoms with Crippen LogP contribution in [-0.2, 0) is 4.79 Å². The van der Waals surface area contributed by atoms with E-state index in [1.807, 2.05) is 17.5 Å². The van der Waals surface area contributed by atoms with Gasteiger partial charge in [0, 0.05) is 22.5 Å². The predicted octanol–water partition coefficient (Wildman–Crippen LogP) is 2.51. The molecule has 0 aromatic carbocycles. The maximum absolute atomic E-state index is 12.2. The van der Waals surface area contributed by atoms with E-state index in [1.54, 1.807) is 16.2 Å². The number of carboxylic acids is 1. The summed E-state index contributed by atoms with van der Waals surface area (Å²) in [5, 5.41) is 10.9. The van der Waals surface area contributed by atoms with Gasteiger partial charge in [0.25, 0.3) is 5.91 Å². The molecule has 3 heterocycles. The van der Waals surface area contributed by atoms with Gasteiger partial charge < -0.3 is 10.0 Å². The fraction of sp³-hybridized carbons (Fsp3) is 0.333. The fourth-order valence-electron chi connectivity index (χ4n) is 2.17. The second-order valence-electron chi connectivity index (χ2n) is 4.33.